The van der Waals surface area contributed by atoms with Crippen LogP contribution in [0.1, 0.15) is 46.5 Å². The Morgan fingerprint density at radius 3 is 2.76 bits per heavy atom. The predicted octanol–water partition coefficient (Wildman–Crippen LogP) is 2.81. The van der Waals surface area contributed by atoms with Crippen molar-refractivity contribution in [1.82, 2.24) is 10.2 Å². The molecule has 1 saturated carbocycles. The molecule has 1 aliphatic heterocycles. The monoisotopic (exact) mass is 236 g/mol. The summed E-state index contributed by atoms with van der Waals surface area (Å²) >= 11 is 0. The largest absolute Gasteiger partial charge is 0.308 e. The van der Waals surface area contributed by atoms with Crippen LogP contribution in [-0.2, 0) is 0 Å². The van der Waals surface area contributed by atoms with Gasteiger partial charge in [0.2, 0.25) is 0 Å². The summed E-state index contributed by atoms with van der Waals surface area (Å²) in [5.41, 5.74) is 0.390. The number of rotatable bonds is 5. The topological polar surface area (TPSA) is 15.3 Å². The summed E-state index contributed by atoms with van der Waals surface area (Å²) in [6, 6.07) is 0.743. The molecule has 1 heterocycles. The van der Waals surface area contributed by atoms with Gasteiger partial charge in [-0.3, -0.25) is 4.90 Å². The lowest BCUT2D eigenvalue weighted by Gasteiger charge is -2.46. The molecule has 2 fully saturated rings. The SMILES string of the molecule is C/C=C/CCN1CC(C)(C2CC2)NCC1CC. The van der Waals surface area contributed by atoms with E-state index in [1.54, 1.807) is 0 Å². The second-order valence-corrected chi connectivity index (χ2v) is 5.96. The minimum Gasteiger partial charge on any atom is -0.308 e. The summed E-state index contributed by atoms with van der Waals surface area (Å²) in [7, 11) is 0. The van der Waals surface area contributed by atoms with E-state index in [1.165, 1.54) is 45.3 Å². The third-order valence-corrected chi connectivity index (χ3v) is 4.56. The van der Waals surface area contributed by atoms with Crippen LogP contribution in [-0.4, -0.2) is 36.1 Å². The van der Waals surface area contributed by atoms with Crippen LogP contribution in [0.5, 0.6) is 0 Å². The average Bonchev–Trinajstić information content (AvgIpc) is 3.14. The van der Waals surface area contributed by atoms with Gasteiger partial charge in [-0.25, -0.2) is 0 Å². The summed E-state index contributed by atoms with van der Waals surface area (Å²) in [5.74, 6) is 0.935. The molecular formula is C15H28N2. The van der Waals surface area contributed by atoms with Crippen LogP contribution < -0.4 is 5.32 Å². The van der Waals surface area contributed by atoms with E-state index < -0.39 is 0 Å². The molecule has 0 aromatic rings. The van der Waals surface area contributed by atoms with Gasteiger partial charge in [-0.05, 0) is 45.4 Å². The Balaban J connectivity index is 1.93. The maximum absolute atomic E-state index is 3.82. The molecule has 0 aromatic carbocycles. The quantitative estimate of drug-likeness (QED) is 0.738. The van der Waals surface area contributed by atoms with Gasteiger partial charge in [-0.1, -0.05) is 19.1 Å². The molecule has 1 saturated heterocycles. The van der Waals surface area contributed by atoms with Gasteiger partial charge in [-0.2, -0.15) is 0 Å². The zero-order chi connectivity index (χ0) is 12.3. The fourth-order valence-corrected chi connectivity index (χ4v) is 3.15. The van der Waals surface area contributed by atoms with E-state index in [2.05, 4.69) is 43.1 Å². The number of hydrogen-bond acceptors (Lipinski definition) is 2. The van der Waals surface area contributed by atoms with Crippen molar-refractivity contribution < 1.29 is 0 Å². The Kier molecular flexibility index (Phi) is 4.26. The van der Waals surface area contributed by atoms with Crippen LogP contribution in [0.25, 0.3) is 0 Å². The van der Waals surface area contributed by atoms with Crippen molar-refractivity contribution in [3.8, 4) is 0 Å². The molecule has 2 nitrogen and oxygen atoms in total. The molecule has 0 aromatic heterocycles. The summed E-state index contributed by atoms with van der Waals surface area (Å²) in [6.07, 6.45) is 9.80. The van der Waals surface area contributed by atoms with E-state index >= 15 is 0 Å². The van der Waals surface area contributed by atoms with Crippen molar-refractivity contribution in [3.05, 3.63) is 12.2 Å². The molecule has 17 heavy (non-hydrogen) atoms. The van der Waals surface area contributed by atoms with E-state index in [9.17, 15) is 0 Å². The fourth-order valence-electron chi connectivity index (χ4n) is 3.15. The highest BCUT2D eigenvalue weighted by molar-refractivity contribution is 5.04. The van der Waals surface area contributed by atoms with Crippen molar-refractivity contribution >= 4 is 0 Å². The van der Waals surface area contributed by atoms with E-state index in [1.807, 2.05) is 0 Å². The van der Waals surface area contributed by atoms with Crippen molar-refractivity contribution in [2.45, 2.75) is 58.0 Å². The molecule has 0 bridgehead atoms. The van der Waals surface area contributed by atoms with Gasteiger partial charge in [0.15, 0.2) is 0 Å². The number of nitrogens with one attached hydrogen (secondary N) is 1. The van der Waals surface area contributed by atoms with Crippen molar-refractivity contribution in [3.63, 3.8) is 0 Å². The van der Waals surface area contributed by atoms with Gasteiger partial charge in [0, 0.05) is 31.2 Å². The maximum Gasteiger partial charge on any atom is 0.0309 e. The second-order valence-electron chi connectivity index (χ2n) is 5.96. The molecule has 1 N–H and O–H groups in total. The Morgan fingerprint density at radius 1 is 1.41 bits per heavy atom. The first kappa shape index (κ1) is 13.1. The molecule has 2 heteroatoms. The molecule has 1 aliphatic carbocycles. The Labute approximate surface area is 106 Å². The summed E-state index contributed by atoms with van der Waals surface area (Å²) in [5, 5.41) is 3.82. The molecule has 0 spiro atoms. The normalized spacial score (nSPS) is 35.6. The minimum atomic E-state index is 0.390. The zero-order valence-electron chi connectivity index (χ0n) is 11.7. The first-order chi connectivity index (χ1) is 8.19. The van der Waals surface area contributed by atoms with Gasteiger partial charge in [0.25, 0.3) is 0 Å². The number of piperazine rings is 1. The van der Waals surface area contributed by atoms with E-state index in [-0.39, 0.29) is 0 Å². The van der Waals surface area contributed by atoms with Gasteiger partial charge in [0.05, 0.1) is 0 Å². The van der Waals surface area contributed by atoms with Crippen LogP contribution in [0.15, 0.2) is 12.2 Å². The van der Waals surface area contributed by atoms with Crippen LogP contribution >= 0.6 is 0 Å². The smallest absolute Gasteiger partial charge is 0.0309 e. The number of nitrogens with zero attached hydrogens (tertiary/aromatic N) is 1. The lowest BCUT2D eigenvalue weighted by atomic mass is 9.90. The van der Waals surface area contributed by atoms with E-state index in [4.69, 9.17) is 0 Å². The van der Waals surface area contributed by atoms with Crippen LogP contribution in [0.3, 0.4) is 0 Å². The molecule has 2 atom stereocenters. The van der Waals surface area contributed by atoms with Gasteiger partial charge >= 0.3 is 0 Å². The lowest BCUT2D eigenvalue weighted by molar-refractivity contribution is 0.0745. The zero-order valence-corrected chi connectivity index (χ0v) is 11.7. The van der Waals surface area contributed by atoms with Crippen LogP contribution in [0, 0.1) is 5.92 Å². The average molecular weight is 236 g/mol. The van der Waals surface area contributed by atoms with Gasteiger partial charge < -0.3 is 5.32 Å². The lowest BCUT2D eigenvalue weighted by Crippen LogP contribution is -2.63. The number of allylic oxidation sites excluding steroid dienone is 1. The maximum atomic E-state index is 3.82. The molecular weight excluding hydrogens is 208 g/mol. The van der Waals surface area contributed by atoms with Gasteiger partial charge in [-0.15, -0.1) is 0 Å². The van der Waals surface area contributed by atoms with Crippen LogP contribution in [0.2, 0.25) is 0 Å². The third-order valence-electron chi connectivity index (χ3n) is 4.56. The van der Waals surface area contributed by atoms with Crippen molar-refractivity contribution in [1.29, 1.82) is 0 Å². The molecule has 2 aliphatic rings. The molecule has 2 unspecified atom stereocenters. The van der Waals surface area contributed by atoms with Crippen molar-refractivity contribution in [2.75, 3.05) is 19.6 Å². The molecule has 0 radical (unpaired) electrons. The third kappa shape index (κ3) is 3.11. The predicted molar refractivity (Wildman–Crippen MR) is 74.2 cm³/mol. The molecule has 98 valence electrons. The Bertz CT molecular complexity index is 270. The van der Waals surface area contributed by atoms with Crippen LogP contribution in [0.4, 0.5) is 0 Å². The Hall–Kier alpha value is -0.340. The molecule has 0 amide bonds. The highest BCUT2D eigenvalue weighted by Gasteiger charge is 2.45. The van der Waals surface area contributed by atoms with Gasteiger partial charge in [0.1, 0.15) is 0 Å². The first-order valence-corrected chi connectivity index (χ1v) is 7.30. The second kappa shape index (κ2) is 5.53. The molecule has 2 rings (SSSR count). The standard InChI is InChI=1S/C15H28N2/c1-4-6-7-10-17-12-15(3,13-8-9-13)16-11-14(17)5-2/h4,6,13-14,16H,5,7-12H2,1-3H3/b6-4+. The number of hydrogen-bond donors (Lipinski definition) is 1. The highest BCUT2D eigenvalue weighted by Crippen LogP contribution is 2.41. The van der Waals surface area contributed by atoms with E-state index in [0.29, 0.717) is 5.54 Å². The summed E-state index contributed by atoms with van der Waals surface area (Å²) in [4.78, 5) is 2.72. The highest BCUT2D eigenvalue weighted by atomic mass is 15.3. The summed E-state index contributed by atoms with van der Waals surface area (Å²) < 4.78 is 0. The minimum absolute atomic E-state index is 0.390. The first-order valence-electron chi connectivity index (χ1n) is 7.30. The Morgan fingerprint density at radius 2 is 2.18 bits per heavy atom. The fraction of sp³-hybridized carbons (Fsp3) is 0.867. The summed E-state index contributed by atoms with van der Waals surface area (Å²) in [6.45, 7) is 10.5. The van der Waals surface area contributed by atoms with Crippen molar-refractivity contribution in [2.24, 2.45) is 5.92 Å². The van der Waals surface area contributed by atoms with E-state index in [0.717, 1.165) is 12.0 Å².